The normalized spacial score (nSPS) is 11.4. The monoisotopic (exact) mass is 455 g/mol. The highest BCUT2D eigenvalue weighted by Gasteiger charge is 2.14. The molecule has 0 aromatic heterocycles. The number of anilines is 1. The molecule has 0 unspecified atom stereocenters. The fourth-order valence-electron chi connectivity index (χ4n) is 2.26. The van der Waals surface area contributed by atoms with Gasteiger partial charge in [0.05, 0.1) is 27.2 Å². The summed E-state index contributed by atoms with van der Waals surface area (Å²) in [5.41, 5.74) is 0.919. The number of hydrogen-bond acceptors (Lipinski definition) is 4. The lowest BCUT2D eigenvalue weighted by Crippen LogP contribution is -2.34. The van der Waals surface area contributed by atoms with Crippen molar-refractivity contribution in [1.29, 1.82) is 0 Å². The van der Waals surface area contributed by atoms with Crippen molar-refractivity contribution in [1.82, 2.24) is 9.62 Å². The Morgan fingerprint density at radius 2 is 1.66 bits per heavy atom. The molecular formula is C19H19Cl2N3O4S. The van der Waals surface area contributed by atoms with Gasteiger partial charge in [0.2, 0.25) is 21.8 Å². The second-order valence-electron chi connectivity index (χ2n) is 5.95. The van der Waals surface area contributed by atoms with Crippen molar-refractivity contribution >= 4 is 56.8 Å². The summed E-state index contributed by atoms with van der Waals surface area (Å²) in [5, 5.41) is 3.17. The number of carbonyl (C=O) groups excluding carboxylic acids is 2. The minimum atomic E-state index is -3.52. The van der Waals surface area contributed by atoms with Gasteiger partial charge in [0.25, 0.3) is 0 Å². The molecule has 2 amide bonds. The summed E-state index contributed by atoms with van der Waals surface area (Å²) >= 11 is 12.0. The molecule has 29 heavy (non-hydrogen) atoms. The van der Waals surface area contributed by atoms with Crippen LogP contribution >= 0.6 is 23.2 Å². The van der Waals surface area contributed by atoms with Gasteiger partial charge >= 0.3 is 0 Å². The Bertz CT molecular complexity index is 1020. The molecule has 0 spiro atoms. The zero-order valence-corrected chi connectivity index (χ0v) is 18.0. The van der Waals surface area contributed by atoms with Crippen LogP contribution in [0, 0.1) is 0 Å². The number of carbonyl (C=O) groups is 2. The van der Waals surface area contributed by atoms with Crippen molar-refractivity contribution in [2.75, 3.05) is 26.0 Å². The molecule has 0 aliphatic carbocycles. The third-order valence-corrected chi connectivity index (χ3v) is 5.92. The van der Waals surface area contributed by atoms with Crippen molar-refractivity contribution in [2.45, 2.75) is 4.90 Å². The van der Waals surface area contributed by atoms with Crippen LogP contribution in [0.15, 0.2) is 53.4 Å². The SMILES string of the molecule is CNS(=O)(=O)c1ccc(/C=C/C(=O)N(C)CC(=O)Nc2c(Cl)cccc2Cl)cc1. The third kappa shape index (κ3) is 6.30. The van der Waals surface area contributed by atoms with E-state index in [1.165, 1.54) is 43.3 Å². The van der Waals surface area contributed by atoms with Crippen molar-refractivity contribution < 1.29 is 18.0 Å². The lowest BCUT2D eigenvalue weighted by atomic mass is 10.2. The van der Waals surface area contributed by atoms with Gasteiger partial charge in [-0.15, -0.1) is 0 Å². The molecule has 0 fully saturated rings. The van der Waals surface area contributed by atoms with Crippen molar-refractivity contribution in [3.05, 3.63) is 64.1 Å². The summed E-state index contributed by atoms with van der Waals surface area (Å²) in [6.45, 7) is -0.204. The highest BCUT2D eigenvalue weighted by Crippen LogP contribution is 2.29. The van der Waals surface area contributed by atoms with Crippen LogP contribution in [0.4, 0.5) is 5.69 Å². The first-order chi connectivity index (χ1) is 13.6. The number of halogens is 2. The second-order valence-corrected chi connectivity index (χ2v) is 8.65. The number of nitrogens with zero attached hydrogens (tertiary/aromatic N) is 1. The third-order valence-electron chi connectivity index (χ3n) is 3.86. The van der Waals surface area contributed by atoms with Gasteiger partial charge in [-0.2, -0.15) is 0 Å². The molecule has 0 bridgehead atoms. The van der Waals surface area contributed by atoms with E-state index in [0.29, 0.717) is 15.6 Å². The smallest absolute Gasteiger partial charge is 0.246 e. The molecule has 2 rings (SSSR count). The first kappa shape index (κ1) is 22.9. The molecule has 0 radical (unpaired) electrons. The Labute approximate surface area is 179 Å². The predicted molar refractivity (Wildman–Crippen MR) is 114 cm³/mol. The quantitative estimate of drug-likeness (QED) is 0.627. The summed E-state index contributed by atoms with van der Waals surface area (Å²) in [6, 6.07) is 10.8. The van der Waals surface area contributed by atoms with Crippen LogP contribution in [0.3, 0.4) is 0 Å². The molecule has 0 aliphatic heterocycles. The summed E-state index contributed by atoms with van der Waals surface area (Å²) in [4.78, 5) is 25.7. The van der Waals surface area contributed by atoms with Crippen LogP contribution in [0.2, 0.25) is 10.0 Å². The van der Waals surface area contributed by atoms with E-state index >= 15 is 0 Å². The zero-order chi connectivity index (χ0) is 21.6. The minimum Gasteiger partial charge on any atom is -0.333 e. The maximum absolute atomic E-state index is 12.2. The standard InChI is InChI=1S/C19H19Cl2N3O4S/c1-22-29(27,28)14-9-6-13(7-10-14)8-11-18(26)24(2)12-17(25)23-19-15(20)4-3-5-16(19)21/h3-11,22H,12H2,1-2H3,(H,23,25)/b11-8+. The van der Waals surface area contributed by atoms with Gasteiger partial charge in [0.1, 0.15) is 0 Å². The Hall–Kier alpha value is -2.39. The topological polar surface area (TPSA) is 95.6 Å². The lowest BCUT2D eigenvalue weighted by molar-refractivity contribution is -0.129. The van der Waals surface area contributed by atoms with Crippen LogP contribution in [-0.2, 0) is 19.6 Å². The van der Waals surface area contributed by atoms with E-state index in [2.05, 4.69) is 10.0 Å². The molecule has 7 nitrogen and oxygen atoms in total. The van der Waals surface area contributed by atoms with Crippen LogP contribution in [0.25, 0.3) is 6.08 Å². The molecule has 0 atom stereocenters. The van der Waals surface area contributed by atoms with E-state index in [4.69, 9.17) is 23.2 Å². The van der Waals surface area contributed by atoms with Gasteiger partial charge in [-0.25, -0.2) is 13.1 Å². The largest absolute Gasteiger partial charge is 0.333 e. The molecule has 2 N–H and O–H groups in total. The van der Waals surface area contributed by atoms with E-state index < -0.39 is 21.8 Å². The number of sulfonamides is 1. The zero-order valence-electron chi connectivity index (χ0n) is 15.6. The van der Waals surface area contributed by atoms with Gasteiger partial charge in [0, 0.05) is 13.1 Å². The molecule has 2 aromatic rings. The van der Waals surface area contributed by atoms with Gasteiger partial charge in [-0.1, -0.05) is 41.4 Å². The van der Waals surface area contributed by atoms with Gasteiger partial charge in [0.15, 0.2) is 0 Å². The fraction of sp³-hybridized carbons (Fsp3) is 0.158. The maximum atomic E-state index is 12.2. The van der Waals surface area contributed by atoms with Gasteiger partial charge in [-0.3, -0.25) is 9.59 Å². The number of hydrogen-bond donors (Lipinski definition) is 2. The summed E-state index contributed by atoms with van der Waals surface area (Å²) < 4.78 is 25.6. The maximum Gasteiger partial charge on any atom is 0.246 e. The van der Waals surface area contributed by atoms with E-state index in [9.17, 15) is 18.0 Å². The fourth-order valence-corrected chi connectivity index (χ4v) is 3.48. The van der Waals surface area contributed by atoms with E-state index in [1.54, 1.807) is 30.3 Å². The Balaban J connectivity index is 1.97. The van der Waals surface area contributed by atoms with Crippen LogP contribution in [0.5, 0.6) is 0 Å². The van der Waals surface area contributed by atoms with Crippen LogP contribution < -0.4 is 10.0 Å². The number of para-hydroxylation sites is 1. The predicted octanol–water partition coefficient (Wildman–Crippen LogP) is 3.01. The second kappa shape index (κ2) is 9.89. The molecule has 0 heterocycles. The average molecular weight is 456 g/mol. The first-order valence-electron chi connectivity index (χ1n) is 8.34. The molecular weight excluding hydrogens is 437 g/mol. The number of rotatable bonds is 7. The summed E-state index contributed by atoms with van der Waals surface area (Å²) in [6.07, 6.45) is 2.81. The van der Waals surface area contributed by atoms with Crippen molar-refractivity contribution in [2.24, 2.45) is 0 Å². The number of nitrogens with one attached hydrogen (secondary N) is 2. The van der Waals surface area contributed by atoms with E-state index in [0.717, 1.165) is 0 Å². The molecule has 2 aromatic carbocycles. The molecule has 154 valence electrons. The van der Waals surface area contributed by atoms with Gasteiger partial charge < -0.3 is 10.2 Å². The van der Waals surface area contributed by atoms with Gasteiger partial charge in [-0.05, 0) is 43.0 Å². The van der Waals surface area contributed by atoms with Crippen molar-refractivity contribution in [3.63, 3.8) is 0 Å². The minimum absolute atomic E-state index is 0.121. The van der Waals surface area contributed by atoms with Crippen molar-refractivity contribution in [3.8, 4) is 0 Å². The van der Waals surface area contributed by atoms with Crippen LogP contribution in [-0.4, -0.2) is 45.8 Å². The average Bonchev–Trinajstić information content (AvgIpc) is 2.69. The Morgan fingerprint density at radius 1 is 1.07 bits per heavy atom. The lowest BCUT2D eigenvalue weighted by Gasteiger charge is -2.16. The van der Waals surface area contributed by atoms with Crippen LogP contribution in [0.1, 0.15) is 5.56 Å². The number of likely N-dealkylation sites (N-methyl/N-ethyl adjacent to an activating group) is 1. The molecule has 0 aliphatic rings. The number of amides is 2. The highest BCUT2D eigenvalue weighted by molar-refractivity contribution is 7.89. The molecule has 0 saturated carbocycles. The summed E-state index contributed by atoms with van der Waals surface area (Å²) in [7, 11) is -0.716. The first-order valence-corrected chi connectivity index (χ1v) is 10.6. The summed E-state index contributed by atoms with van der Waals surface area (Å²) in [5.74, 6) is -0.858. The Kier molecular flexibility index (Phi) is 7.80. The highest BCUT2D eigenvalue weighted by atomic mass is 35.5. The molecule has 0 saturated heterocycles. The van der Waals surface area contributed by atoms with E-state index in [1.807, 2.05) is 0 Å². The molecule has 10 heteroatoms. The van der Waals surface area contributed by atoms with E-state index in [-0.39, 0.29) is 17.1 Å². The number of benzene rings is 2. The Morgan fingerprint density at radius 3 is 2.21 bits per heavy atom.